The van der Waals surface area contributed by atoms with Crippen LogP contribution in [0, 0.1) is 5.41 Å². The van der Waals surface area contributed by atoms with Crippen LogP contribution in [0.3, 0.4) is 0 Å². The number of carbonyl (C=O) groups excluding carboxylic acids is 1. The zero-order valence-corrected chi connectivity index (χ0v) is 6.83. The number of aliphatic hydroxyl groups is 1. The van der Waals surface area contributed by atoms with Crippen LogP contribution in [0.25, 0.3) is 0 Å². The Hall–Kier alpha value is -0.770. The van der Waals surface area contributed by atoms with Crippen LogP contribution in [0.15, 0.2) is 0 Å². The van der Waals surface area contributed by atoms with Crippen molar-refractivity contribution in [2.45, 2.75) is 6.92 Å². The average Bonchev–Trinajstić information content (AvgIpc) is 1.98. The van der Waals surface area contributed by atoms with Crippen LogP contribution in [0.4, 0.5) is 4.79 Å². The Labute approximate surface area is 65.8 Å². The number of aliphatic hydroxyl groups excluding tert-OH is 1. The SMILES string of the molecule is CN1CC(C)(CO)COC1=O. The smallest absolute Gasteiger partial charge is 0.409 e. The summed E-state index contributed by atoms with van der Waals surface area (Å²) in [6, 6.07) is 0. The third-order valence-corrected chi connectivity index (χ3v) is 1.86. The van der Waals surface area contributed by atoms with Gasteiger partial charge in [0.2, 0.25) is 0 Å². The van der Waals surface area contributed by atoms with E-state index in [4.69, 9.17) is 9.84 Å². The molecule has 1 rings (SSSR count). The van der Waals surface area contributed by atoms with E-state index in [1.165, 1.54) is 4.90 Å². The van der Waals surface area contributed by atoms with Gasteiger partial charge in [-0.25, -0.2) is 4.79 Å². The predicted octanol–water partition coefficient (Wildman–Crippen LogP) is 0.0670. The molecule has 1 fully saturated rings. The Morgan fingerprint density at radius 2 is 2.45 bits per heavy atom. The number of carbonyl (C=O) groups is 1. The van der Waals surface area contributed by atoms with E-state index < -0.39 is 0 Å². The van der Waals surface area contributed by atoms with Crippen LogP contribution in [0.2, 0.25) is 0 Å². The monoisotopic (exact) mass is 159 g/mol. The molecular weight excluding hydrogens is 146 g/mol. The number of cyclic esters (lactones) is 1. The van der Waals surface area contributed by atoms with Gasteiger partial charge in [-0.3, -0.25) is 0 Å². The molecule has 0 spiro atoms. The second-order valence-electron chi connectivity index (χ2n) is 3.38. The molecule has 0 bridgehead atoms. The Bertz CT molecular complexity index is 171. The Morgan fingerprint density at radius 3 is 2.91 bits per heavy atom. The third-order valence-electron chi connectivity index (χ3n) is 1.86. The minimum atomic E-state index is -0.309. The van der Waals surface area contributed by atoms with Crippen LogP contribution in [0.5, 0.6) is 0 Å². The summed E-state index contributed by atoms with van der Waals surface area (Å²) in [5.74, 6) is 0. The number of ether oxygens (including phenoxy) is 1. The van der Waals surface area contributed by atoms with E-state index in [1.54, 1.807) is 7.05 Å². The molecule has 1 amide bonds. The molecule has 1 saturated heterocycles. The lowest BCUT2D eigenvalue weighted by molar-refractivity contribution is -0.0171. The third kappa shape index (κ3) is 1.63. The first-order chi connectivity index (χ1) is 5.07. The molecule has 1 N–H and O–H groups in total. The standard InChI is InChI=1S/C7H13NO3/c1-7(4-9)3-8(2)6(10)11-5-7/h9H,3-5H2,1-2H3. The molecule has 64 valence electrons. The van der Waals surface area contributed by atoms with Gasteiger partial charge in [-0.05, 0) is 0 Å². The Balaban J connectivity index is 2.58. The van der Waals surface area contributed by atoms with E-state index in [9.17, 15) is 4.79 Å². The van der Waals surface area contributed by atoms with Crippen LogP contribution in [-0.4, -0.2) is 42.9 Å². The summed E-state index contributed by atoms with van der Waals surface area (Å²) in [6.07, 6.45) is -0.309. The average molecular weight is 159 g/mol. The van der Waals surface area contributed by atoms with E-state index in [1.807, 2.05) is 6.92 Å². The maximum atomic E-state index is 10.8. The number of rotatable bonds is 1. The lowest BCUT2D eigenvalue weighted by atomic mass is 9.92. The van der Waals surface area contributed by atoms with Crippen LogP contribution < -0.4 is 0 Å². The van der Waals surface area contributed by atoms with Crippen LogP contribution >= 0.6 is 0 Å². The number of nitrogens with zero attached hydrogens (tertiary/aromatic N) is 1. The van der Waals surface area contributed by atoms with Gasteiger partial charge in [0.05, 0.1) is 6.61 Å². The normalized spacial score (nSPS) is 31.9. The fourth-order valence-electron chi connectivity index (χ4n) is 1.12. The zero-order valence-electron chi connectivity index (χ0n) is 6.83. The summed E-state index contributed by atoms with van der Waals surface area (Å²) in [6.45, 7) is 2.80. The molecule has 0 aromatic heterocycles. The largest absolute Gasteiger partial charge is 0.449 e. The molecule has 1 unspecified atom stereocenters. The van der Waals surface area contributed by atoms with Crippen molar-refractivity contribution in [1.29, 1.82) is 0 Å². The second kappa shape index (κ2) is 2.70. The first-order valence-electron chi connectivity index (χ1n) is 3.56. The van der Waals surface area contributed by atoms with Gasteiger partial charge >= 0.3 is 6.09 Å². The first kappa shape index (κ1) is 8.33. The summed E-state index contributed by atoms with van der Waals surface area (Å²) >= 11 is 0. The minimum Gasteiger partial charge on any atom is -0.449 e. The maximum absolute atomic E-state index is 10.8. The summed E-state index contributed by atoms with van der Waals surface area (Å²) in [5.41, 5.74) is -0.289. The van der Waals surface area contributed by atoms with Crippen molar-refractivity contribution in [3.05, 3.63) is 0 Å². The number of hydrogen-bond donors (Lipinski definition) is 1. The van der Waals surface area contributed by atoms with Crippen molar-refractivity contribution in [1.82, 2.24) is 4.90 Å². The maximum Gasteiger partial charge on any atom is 0.409 e. The van der Waals surface area contributed by atoms with Crippen molar-refractivity contribution in [3.8, 4) is 0 Å². The van der Waals surface area contributed by atoms with Crippen molar-refractivity contribution >= 4 is 6.09 Å². The van der Waals surface area contributed by atoms with Gasteiger partial charge in [-0.15, -0.1) is 0 Å². The Morgan fingerprint density at radius 1 is 1.82 bits per heavy atom. The van der Waals surface area contributed by atoms with E-state index in [0.717, 1.165) is 0 Å². The molecule has 4 nitrogen and oxygen atoms in total. The zero-order chi connectivity index (χ0) is 8.48. The molecule has 0 radical (unpaired) electrons. The number of amides is 1. The van der Waals surface area contributed by atoms with Crippen molar-refractivity contribution in [2.24, 2.45) is 5.41 Å². The summed E-state index contributed by atoms with van der Waals surface area (Å²) in [7, 11) is 1.66. The lowest BCUT2D eigenvalue weighted by Gasteiger charge is -2.36. The topological polar surface area (TPSA) is 49.8 Å². The van der Waals surface area contributed by atoms with Gasteiger partial charge in [0.25, 0.3) is 0 Å². The van der Waals surface area contributed by atoms with Gasteiger partial charge in [-0.1, -0.05) is 6.92 Å². The molecule has 0 aromatic carbocycles. The fraction of sp³-hybridized carbons (Fsp3) is 0.857. The predicted molar refractivity (Wildman–Crippen MR) is 39.2 cm³/mol. The Kier molecular flexibility index (Phi) is 2.04. The molecule has 1 atom stereocenters. The quantitative estimate of drug-likeness (QED) is 0.589. The molecule has 0 saturated carbocycles. The van der Waals surface area contributed by atoms with Crippen molar-refractivity contribution < 1.29 is 14.6 Å². The molecular formula is C7H13NO3. The van der Waals surface area contributed by atoms with Gasteiger partial charge in [0, 0.05) is 19.0 Å². The molecule has 0 aromatic rings. The summed E-state index contributed by atoms with van der Waals surface area (Å²) in [4.78, 5) is 12.3. The first-order valence-corrected chi connectivity index (χ1v) is 3.56. The molecule has 11 heavy (non-hydrogen) atoms. The highest BCUT2D eigenvalue weighted by Crippen LogP contribution is 2.21. The molecule has 1 aliphatic rings. The molecule has 1 heterocycles. The van der Waals surface area contributed by atoms with E-state index in [2.05, 4.69) is 0 Å². The minimum absolute atomic E-state index is 0.0463. The van der Waals surface area contributed by atoms with Gasteiger partial charge < -0.3 is 14.7 Å². The number of hydrogen-bond acceptors (Lipinski definition) is 3. The van der Waals surface area contributed by atoms with Gasteiger partial charge in [-0.2, -0.15) is 0 Å². The molecule has 0 aliphatic carbocycles. The van der Waals surface area contributed by atoms with Crippen molar-refractivity contribution in [3.63, 3.8) is 0 Å². The van der Waals surface area contributed by atoms with Gasteiger partial charge in [0.1, 0.15) is 6.61 Å². The van der Waals surface area contributed by atoms with E-state index in [-0.39, 0.29) is 18.1 Å². The van der Waals surface area contributed by atoms with E-state index >= 15 is 0 Å². The molecule has 1 aliphatic heterocycles. The highest BCUT2D eigenvalue weighted by Gasteiger charge is 2.33. The highest BCUT2D eigenvalue weighted by molar-refractivity contribution is 5.68. The second-order valence-corrected chi connectivity index (χ2v) is 3.38. The summed E-state index contributed by atoms with van der Waals surface area (Å²) < 4.78 is 4.82. The lowest BCUT2D eigenvalue weighted by Crippen LogP contribution is -2.48. The highest BCUT2D eigenvalue weighted by atomic mass is 16.6. The van der Waals surface area contributed by atoms with Crippen molar-refractivity contribution in [2.75, 3.05) is 26.8 Å². The van der Waals surface area contributed by atoms with Gasteiger partial charge in [0.15, 0.2) is 0 Å². The molecule has 4 heteroatoms. The van der Waals surface area contributed by atoms with E-state index in [0.29, 0.717) is 13.2 Å². The van der Waals surface area contributed by atoms with Crippen LogP contribution in [0.1, 0.15) is 6.92 Å². The fourth-order valence-corrected chi connectivity index (χ4v) is 1.12. The summed E-state index contributed by atoms with van der Waals surface area (Å²) in [5, 5.41) is 8.94. The van der Waals surface area contributed by atoms with Crippen LogP contribution in [-0.2, 0) is 4.74 Å².